The fraction of sp³-hybridized carbons (Fsp3) is 0.350. The molecule has 0 aliphatic carbocycles. The molecule has 0 atom stereocenters. The molecule has 2 aromatic rings. The molecule has 2 rings (SSSR count). The van der Waals surface area contributed by atoms with Crippen LogP contribution in [0.25, 0.3) is 0 Å². The van der Waals surface area contributed by atoms with Crippen LogP contribution in [0.4, 0.5) is 5.69 Å². The van der Waals surface area contributed by atoms with E-state index < -0.39 is 0 Å². The van der Waals surface area contributed by atoms with Gasteiger partial charge >= 0.3 is 0 Å². The Hall–Kier alpha value is -1.81. The van der Waals surface area contributed by atoms with Crippen molar-refractivity contribution in [3.8, 4) is 0 Å². The Kier molecular flexibility index (Phi) is 6.85. The molecule has 24 heavy (non-hydrogen) atoms. The molecule has 1 amide bonds. The lowest BCUT2D eigenvalue weighted by molar-refractivity contribution is -0.133. The zero-order valence-electron chi connectivity index (χ0n) is 14.6. The highest BCUT2D eigenvalue weighted by Gasteiger charge is 2.16. The van der Waals surface area contributed by atoms with Crippen molar-refractivity contribution in [1.82, 2.24) is 4.90 Å². The number of carbonyl (C=O) groups excluding carboxylic acids is 1. The Bertz CT molecular complexity index is 671. The summed E-state index contributed by atoms with van der Waals surface area (Å²) in [6, 6.07) is 16.4. The first-order chi connectivity index (χ1) is 11.5. The van der Waals surface area contributed by atoms with Crippen LogP contribution in [-0.2, 0) is 11.3 Å². The van der Waals surface area contributed by atoms with E-state index in [4.69, 9.17) is 0 Å². The van der Waals surface area contributed by atoms with Crippen LogP contribution in [0.2, 0.25) is 0 Å². The SMILES string of the molecule is Cc1cc(NCCC(=O)N(Cc2ccccc2)C(C)C)ccc1Br. The van der Waals surface area contributed by atoms with Crippen LogP contribution in [0.3, 0.4) is 0 Å². The minimum absolute atomic E-state index is 0.176. The summed E-state index contributed by atoms with van der Waals surface area (Å²) in [5, 5.41) is 3.33. The molecule has 0 bridgehead atoms. The van der Waals surface area contributed by atoms with Gasteiger partial charge < -0.3 is 10.2 Å². The number of nitrogens with zero attached hydrogens (tertiary/aromatic N) is 1. The molecule has 0 unspecified atom stereocenters. The number of hydrogen-bond acceptors (Lipinski definition) is 2. The van der Waals surface area contributed by atoms with Gasteiger partial charge in [-0.1, -0.05) is 46.3 Å². The molecule has 0 heterocycles. The fourth-order valence-corrected chi connectivity index (χ4v) is 2.80. The summed E-state index contributed by atoms with van der Waals surface area (Å²) < 4.78 is 1.10. The van der Waals surface area contributed by atoms with Gasteiger partial charge in [0.2, 0.25) is 5.91 Å². The second-order valence-corrected chi connectivity index (χ2v) is 7.10. The third-order valence-corrected chi connectivity index (χ3v) is 4.86. The molecule has 0 spiro atoms. The maximum Gasteiger partial charge on any atom is 0.224 e. The van der Waals surface area contributed by atoms with Gasteiger partial charge in [-0.15, -0.1) is 0 Å². The van der Waals surface area contributed by atoms with Crippen molar-refractivity contribution in [2.24, 2.45) is 0 Å². The summed E-state index contributed by atoms with van der Waals surface area (Å²) in [5.41, 5.74) is 3.39. The van der Waals surface area contributed by atoms with Crippen LogP contribution in [0, 0.1) is 6.92 Å². The van der Waals surface area contributed by atoms with Gasteiger partial charge in [0.05, 0.1) is 0 Å². The Morgan fingerprint density at radius 1 is 1.17 bits per heavy atom. The van der Waals surface area contributed by atoms with Crippen molar-refractivity contribution in [1.29, 1.82) is 0 Å². The van der Waals surface area contributed by atoms with E-state index in [-0.39, 0.29) is 11.9 Å². The molecule has 3 nitrogen and oxygen atoms in total. The average molecular weight is 389 g/mol. The van der Waals surface area contributed by atoms with Crippen molar-refractivity contribution < 1.29 is 4.79 Å². The Morgan fingerprint density at radius 2 is 1.88 bits per heavy atom. The van der Waals surface area contributed by atoms with Crippen LogP contribution < -0.4 is 5.32 Å². The van der Waals surface area contributed by atoms with E-state index in [1.54, 1.807) is 0 Å². The van der Waals surface area contributed by atoms with Crippen LogP contribution >= 0.6 is 15.9 Å². The number of hydrogen-bond donors (Lipinski definition) is 1. The largest absolute Gasteiger partial charge is 0.385 e. The van der Waals surface area contributed by atoms with Gasteiger partial charge in [-0.3, -0.25) is 4.79 Å². The molecule has 2 aromatic carbocycles. The molecule has 0 saturated carbocycles. The van der Waals surface area contributed by atoms with Gasteiger partial charge in [0, 0.05) is 35.7 Å². The standard InChI is InChI=1S/C20H25BrN2O/c1-15(2)23(14-17-7-5-4-6-8-17)20(24)11-12-22-18-9-10-19(21)16(3)13-18/h4-10,13,15,22H,11-12,14H2,1-3H3. The summed E-state index contributed by atoms with van der Waals surface area (Å²) in [7, 11) is 0. The highest BCUT2D eigenvalue weighted by molar-refractivity contribution is 9.10. The van der Waals surface area contributed by atoms with Crippen molar-refractivity contribution in [2.75, 3.05) is 11.9 Å². The average Bonchev–Trinajstić information content (AvgIpc) is 2.56. The first kappa shape index (κ1) is 18.5. The lowest BCUT2D eigenvalue weighted by atomic mass is 10.1. The molecule has 0 aliphatic rings. The van der Waals surface area contributed by atoms with E-state index in [9.17, 15) is 4.79 Å². The fourth-order valence-electron chi connectivity index (χ4n) is 2.55. The number of amides is 1. The number of halogens is 1. The smallest absolute Gasteiger partial charge is 0.224 e. The minimum atomic E-state index is 0.176. The number of anilines is 1. The predicted molar refractivity (Wildman–Crippen MR) is 104 cm³/mol. The van der Waals surface area contributed by atoms with Gasteiger partial charge in [0.25, 0.3) is 0 Å². The molecular weight excluding hydrogens is 364 g/mol. The van der Waals surface area contributed by atoms with Crippen LogP contribution in [0.1, 0.15) is 31.4 Å². The van der Waals surface area contributed by atoms with E-state index in [0.717, 1.165) is 15.7 Å². The Morgan fingerprint density at radius 3 is 2.50 bits per heavy atom. The first-order valence-electron chi connectivity index (χ1n) is 8.31. The topological polar surface area (TPSA) is 32.3 Å². The Labute approximate surface area is 153 Å². The van der Waals surface area contributed by atoms with Crippen molar-refractivity contribution in [3.63, 3.8) is 0 Å². The molecular formula is C20H25BrN2O. The van der Waals surface area contributed by atoms with Crippen molar-refractivity contribution >= 4 is 27.5 Å². The zero-order valence-corrected chi connectivity index (χ0v) is 16.1. The molecule has 0 saturated heterocycles. The van der Waals surface area contributed by atoms with E-state index >= 15 is 0 Å². The third-order valence-electron chi connectivity index (χ3n) is 3.97. The molecule has 128 valence electrons. The third kappa shape index (κ3) is 5.38. The highest BCUT2D eigenvalue weighted by Crippen LogP contribution is 2.20. The predicted octanol–water partition coefficient (Wildman–Crippen LogP) is 5.00. The quantitative estimate of drug-likeness (QED) is 0.723. The number of benzene rings is 2. The molecule has 1 N–H and O–H groups in total. The van der Waals surface area contributed by atoms with Gasteiger partial charge in [0.1, 0.15) is 0 Å². The summed E-state index contributed by atoms with van der Waals surface area (Å²) in [6.45, 7) is 7.48. The number of rotatable bonds is 7. The monoisotopic (exact) mass is 388 g/mol. The summed E-state index contributed by atoms with van der Waals surface area (Å²) in [5.74, 6) is 0.176. The molecule has 0 fully saturated rings. The second-order valence-electron chi connectivity index (χ2n) is 6.24. The zero-order chi connectivity index (χ0) is 17.5. The number of nitrogens with one attached hydrogen (secondary N) is 1. The molecule has 0 radical (unpaired) electrons. The summed E-state index contributed by atoms with van der Waals surface area (Å²) >= 11 is 3.50. The number of aryl methyl sites for hydroxylation is 1. The molecule has 0 aliphatic heterocycles. The van der Waals surface area contributed by atoms with Crippen LogP contribution in [-0.4, -0.2) is 23.4 Å². The lowest BCUT2D eigenvalue weighted by Crippen LogP contribution is -2.37. The van der Waals surface area contributed by atoms with E-state index in [1.165, 1.54) is 5.56 Å². The summed E-state index contributed by atoms with van der Waals surface area (Å²) in [6.07, 6.45) is 0.486. The van der Waals surface area contributed by atoms with Gasteiger partial charge in [-0.25, -0.2) is 0 Å². The normalized spacial score (nSPS) is 10.7. The maximum absolute atomic E-state index is 12.6. The maximum atomic E-state index is 12.6. The Balaban J connectivity index is 1.89. The van der Waals surface area contributed by atoms with E-state index in [0.29, 0.717) is 19.5 Å². The highest BCUT2D eigenvalue weighted by atomic mass is 79.9. The minimum Gasteiger partial charge on any atom is -0.385 e. The van der Waals surface area contributed by atoms with Crippen molar-refractivity contribution in [3.05, 3.63) is 64.1 Å². The first-order valence-corrected chi connectivity index (χ1v) is 9.10. The summed E-state index contributed by atoms with van der Waals surface area (Å²) in [4.78, 5) is 14.5. The lowest BCUT2D eigenvalue weighted by Gasteiger charge is -2.27. The van der Waals surface area contributed by atoms with Gasteiger partial charge in [-0.2, -0.15) is 0 Å². The van der Waals surface area contributed by atoms with Gasteiger partial charge in [0.15, 0.2) is 0 Å². The van der Waals surface area contributed by atoms with E-state index in [1.807, 2.05) is 35.2 Å². The van der Waals surface area contributed by atoms with Gasteiger partial charge in [-0.05, 0) is 50.1 Å². The van der Waals surface area contributed by atoms with Crippen molar-refractivity contribution in [2.45, 2.75) is 39.8 Å². The molecule has 0 aromatic heterocycles. The van der Waals surface area contributed by atoms with Crippen LogP contribution in [0.15, 0.2) is 53.0 Å². The second kappa shape index (κ2) is 8.88. The van der Waals surface area contributed by atoms with Crippen LogP contribution in [0.5, 0.6) is 0 Å². The number of carbonyl (C=O) groups is 1. The molecule has 4 heteroatoms. The van der Waals surface area contributed by atoms with E-state index in [2.05, 4.69) is 60.2 Å².